The number of hydrogen-bond donors (Lipinski definition) is 3. The number of aliphatic carboxylic acids is 1. The van der Waals surface area contributed by atoms with Gasteiger partial charge in [-0.1, -0.05) is 0 Å². The summed E-state index contributed by atoms with van der Waals surface area (Å²) >= 11 is 0. The van der Waals surface area contributed by atoms with Crippen LogP contribution in [0.15, 0.2) is 0 Å². The van der Waals surface area contributed by atoms with Crippen molar-refractivity contribution in [2.24, 2.45) is 0 Å². The van der Waals surface area contributed by atoms with Gasteiger partial charge in [0.2, 0.25) is 0 Å². The molecular formula is C11H21NO5. The molecule has 3 atom stereocenters. The molecule has 1 rings (SSSR count). The van der Waals surface area contributed by atoms with Crippen molar-refractivity contribution < 1.29 is 24.9 Å². The third-order valence-corrected chi connectivity index (χ3v) is 2.73. The molecule has 6 nitrogen and oxygen atoms in total. The lowest BCUT2D eigenvalue weighted by Crippen LogP contribution is -2.42. The van der Waals surface area contributed by atoms with E-state index in [0.29, 0.717) is 0 Å². The Bertz CT molecular complexity index is 258. The molecule has 0 radical (unpaired) electrons. The van der Waals surface area contributed by atoms with E-state index in [-0.39, 0.29) is 32.2 Å². The van der Waals surface area contributed by atoms with Crippen LogP contribution in [0.25, 0.3) is 0 Å². The van der Waals surface area contributed by atoms with Crippen LogP contribution < -0.4 is 0 Å². The minimum atomic E-state index is -0.960. The Balaban J connectivity index is 2.41. The Labute approximate surface area is 101 Å². The van der Waals surface area contributed by atoms with E-state index in [1.807, 2.05) is 13.8 Å². The van der Waals surface area contributed by atoms with Crippen molar-refractivity contribution in [1.82, 2.24) is 4.90 Å². The van der Waals surface area contributed by atoms with Crippen molar-refractivity contribution in [3.63, 3.8) is 0 Å². The Morgan fingerprint density at radius 1 is 1.53 bits per heavy atom. The standard InChI is InChI=1S/C11H21NO5/c1-7(2)17-6-9(14)5-12-4-8(13)3-10(12)11(15)16/h7-10,13-14H,3-6H2,1-2H3,(H,15,16). The van der Waals surface area contributed by atoms with E-state index >= 15 is 0 Å². The largest absolute Gasteiger partial charge is 0.480 e. The summed E-state index contributed by atoms with van der Waals surface area (Å²) in [6.45, 7) is 4.41. The summed E-state index contributed by atoms with van der Waals surface area (Å²) in [5, 5.41) is 28.1. The number of likely N-dealkylation sites (tertiary alicyclic amines) is 1. The second kappa shape index (κ2) is 6.30. The van der Waals surface area contributed by atoms with Crippen LogP contribution in [0, 0.1) is 0 Å². The molecule has 6 heteroatoms. The molecule has 0 bridgehead atoms. The molecular weight excluding hydrogens is 226 g/mol. The summed E-state index contributed by atoms with van der Waals surface area (Å²) in [6, 6.07) is -0.710. The molecule has 1 fully saturated rings. The molecule has 100 valence electrons. The van der Waals surface area contributed by atoms with Crippen LogP contribution in [0.5, 0.6) is 0 Å². The summed E-state index contributed by atoms with van der Waals surface area (Å²) in [4.78, 5) is 12.5. The van der Waals surface area contributed by atoms with Crippen LogP contribution in [-0.2, 0) is 9.53 Å². The fraction of sp³-hybridized carbons (Fsp3) is 0.909. The summed E-state index contributed by atoms with van der Waals surface area (Å²) in [7, 11) is 0. The fourth-order valence-corrected chi connectivity index (χ4v) is 1.96. The fourth-order valence-electron chi connectivity index (χ4n) is 1.96. The highest BCUT2D eigenvalue weighted by atomic mass is 16.5. The summed E-state index contributed by atoms with van der Waals surface area (Å²) in [5.74, 6) is -0.960. The lowest BCUT2D eigenvalue weighted by molar-refractivity contribution is -0.142. The SMILES string of the molecule is CC(C)OCC(O)CN1CC(O)CC1C(=O)O. The molecule has 3 N–H and O–H groups in total. The number of carboxylic acid groups (broad SMARTS) is 1. The third-order valence-electron chi connectivity index (χ3n) is 2.73. The molecule has 1 heterocycles. The molecule has 0 saturated carbocycles. The van der Waals surface area contributed by atoms with Crippen molar-refractivity contribution in [2.45, 2.75) is 44.6 Å². The number of β-amino-alcohol motifs (C(OH)–C–C–N with tert-alkyl or cyclic N) is 2. The second-order valence-corrected chi connectivity index (χ2v) is 4.73. The number of hydrogen-bond acceptors (Lipinski definition) is 5. The minimum absolute atomic E-state index is 0.0316. The molecule has 0 aliphatic carbocycles. The van der Waals surface area contributed by atoms with Crippen LogP contribution in [-0.4, -0.2) is 70.2 Å². The van der Waals surface area contributed by atoms with Crippen LogP contribution in [0.3, 0.4) is 0 Å². The lowest BCUT2D eigenvalue weighted by atomic mass is 10.2. The van der Waals surface area contributed by atoms with Gasteiger partial charge in [0.25, 0.3) is 0 Å². The highest BCUT2D eigenvalue weighted by Crippen LogP contribution is 2.18. The molecule has 3 unspecified atom stereocenters. The maximum absolute atomic E-state index is 10.9. The predicted octanol–water partition coefficient (Wildman–Crippen LogP) is -0.708. The quantitative estimate of drug-likeness (QED) is 0.574. The first-order valence-electron chi connectivity index (χ1n) is 5.84. The van der Waals surface area contributed by atoms with Gasteiger partial charge in [-0.05, 0) is 13.8 Å². The molecule has 0 amide bonds. The van der Waals surface area contributed by atoms with E-state index in [4.69, 9.17) is 9.84 Å². The van der Waals surface area contributed by atoms with E-state index in [1.54, 1.807) is 4.90 Å². The summed E-state index contributed by atoms with van der Waals surface area (Å²) in [6.07, 6.45) is -1.12. The van der Waals surface area contributed by atoms with E-state index in [0.717, 1.165) is 0 Å². The molecule has 1 aliphatic heterocycles. The van der Waals surface area contributed by atoms with E-state index < -0.39 is 24.2 Å². The van der Waals surface area contributed by atoms with Gasteiger partial charge in [0.05, 0.1) is 24.9 Å². The van der Waals surface area contributed by atoms with Crippen molar-refractivity contribution in [2.75, 3.05) is 19.7 Å². The Hall–Kier alpha value is -0.690. The van der Waals surface area contributed by atoms with Crippen molar-refractivity contribution in [1.29, 1.82) is 0 Å². The summed E-state index contributed by atoms with van der Waals surface area (Å²) in [5.41, 5.74) is 0. The van der Waals surface area contributed by atoms with Crippen LogP contribution in [0.2, 0.25) is 0 Å². The molecule has 1 saturated heterocycles. The predicted molar refractivity (Wildman–Crippen MR) is 60.7 cm³/mol. The Morgan fingerprint density at radius 2 is 2.18 bits per heavy atom. The Morgan fingerprint density at radius 3 is 2.71 bits per heavy atom. The number of nitrogens with zero attached hydrogens (tertiary/aromatic N) is 1. The van der Waals surface area contributed by atoms with Gasteiger partial charge < -0.3 is 20.1 Å². The number of carboxylic acids is 1. The number of rotatable bonds is 6. The molecule has 0 spiro atoms. The van der Waals surface area contributed by atoms with Crippen LogP contribution in [0.1, 0.15) is 20.3 Å². The number of ether oxygens (including phenoxy) is 1. The van der Waals surface area contributed by atoms with Crippen LogP contribution in [0.4, 0.5) is 0 Å². The zero-order valence-electron chi connectivity index (χ0n) is 10.2. The van der Waals surface area contributed by atoms with Gasteiger partial charge >= 0.3 is 5.97 Å². The van der Waals surface area contributed by atoms with E-state index in [1.165, 1.54) is 0 Å². The lowest BCUT2D eigenvalue weighted by Gasteiger charge is -2.24. The smallest absolute Gasteiger partial charge is 0.321 e. The molecule has 0 aromatic heterocycles. The van der Waals surface area contributed by atoms with Gasteiger partial charge in [0.1, 0.15) is 6.04 Å². The van der Waals surface area contributed by atoms with Gasteiger partial charge in [0.15, 0.2) is 0 Å². The van der Waals surface area contributed by atoms with Crippen molar-refractivity contribution >= 4 is 5.97 Å². The summed E-state index contributed by atoms with van der Waals surface area (Å²) < 4.78 is 5.25. The number of aliphatic hydroxyl groups excluding tert-OH is 2. The topological polar surface area (TPSA) is 90.2 Å². The average molecular weight is 247 g/mol. The molecule has 0 aromatic carbocycles. The molecule has 0 aromatic rings. The Kier molecular flexibility index (Phi) is 5.32. The van der Waals surface area contributed by atoms with E-state index in [2.05, 4.69) is 0 Å². The first-order valence-corrected chi connectivity index (χ1v) is 5.84. The van der Waals surface area contributed by atoms with Crippen LogP contribution >= 0.6 is 0 Å². The number of aliphatic hydroxyl groups is 2. The van der Waals surface area contributed by atoms with Crippen molar-refractivity contribution in [3.05, 3.63) is 0 Å². The van der Waals surface area contributed by atoms with Gasteiger partial charge in [-0.15, -0.1) is 0 Å². The average Bonchev–Trinajstić information content (AvgIpc) is 2.56. The number of carbonyl (C=O) groups is 1. The monoisotopic (exact) mass is 247 g/mol. The highest BCUT2D eigenvalue weighted by Gasteiger charge is 2.36. The maximum Gasteiger partial charge on any atom is 0.321 e. The zero-order chi connectivity index (χ0) is 13.0. The highest BCUT2D eigenvalue weighted by molar-refractivity contribution is 5.74. The maximum atomic E-state index is 10.9. The van der Waals surface area contributed by atoms with Gasteiger partial charge in [-0.2, -0.15) is 0 Å². The minimum Gasteiger partial charge on any atom is -0.480 e. The molecule has 1 aliphatic rings. The second-order valence-electron chi connectivity index (χ2n) is 4.73. The van der Waals surface area contributed by atoms with Gasteiger partial charge in [-0.3, -0.25) is 9.69 Å². The van der Waals surface area contributed by atoms with Gasteiger partial charge in [-0.25, -0.2) is 0 Å². The molecule has 17 heavy (non-hydrogen) atoms. The van der Waals surface area contributed by atoms with Crippen molar-refractivity contribution in [3.8, 4) is 0 Å². The first kappa shape index (κ1) is 14.4. The van der Waals surface area contributed by atoms with E-state index in [9.17, 15) is 15.0 Å². The zero-order valence-corrected chi connectivity index (χ0v) is 10.2. The normalized spacial score (nSPS) is 27.6. The first-order chi connectivity index (χ1) is 7.90. The third kappa shape index (κ3) is 4.59. The van der Waals surface area contributed by atoms with Gasteiger partial charge in [0, 0.05) is 19.5 Å².